The van der Waals surface area contributed by atoms with Crippen molar-refractivity contribution in [3.8, 4) is 0 Å². The molecule has 3 fully saturated rings. The number of likely N-dealkylation sites (tertiary alicyclic amines) is 1. The van der Waals surface area contributed by atoms with Gasteiger partial charge in [0.1, 0.15) is 0 Å². The number of hydrogen-bond acceptors (Lipinski definition) is 3. The lowest BCUT2D eigenvalue weighted by Gasteiger charge is -2.32. The second-order valence-corrected chi connectivity index (χ2v) is 6.52. The molecule has 0 atom stereocenters. The molecule has 3 rings (SSSR count). The van der Waals surface area contributed by atoms with Crippen molar-refractivity contribution in [2.75, 3.05) is 19.6 Å². The van der Waals surface area contributed by atoms with Crippen LogP contribution in [0.25, 0.3) is 0 Å². The average molecular weight is 264 g/mol. The van der Waals surface area contributed by atoms with E-state index < -0.39 is 0 Å². The Labute approximate surface area is 114 Å². The molecule has 0 aromatic carbocycles. The van der Waals surface area contributed by atoms with Crippen LogP contribution < -0.4 is 5.32 Å². The summed E-state index contributed by atoms with van der Waals surface area (Å²) in [6.07, 6.45) is 7.96. The summed E-state index contributed by atoms with van der Waals surface area (Å²) >= 11 is 0. The first-order chi connectivity index (χ1) is 9.21. The standard InChI is InChI=1S/C15H24N2O2/c18-13-10-15(6-2-1-3-7-15)14(19)17(13)11-12-4-8-16-9-5-12/h12,16H,1-11H2. The average Bonchev–Trinajstić information content (AvgIpc) is 2.66. The van der Waals surface area contributed by atoms with Crippen molar-refractivity contribution in [3.05, 3.63) is 0 Å². The van der Waals surface area contributed by atoms with Crippen LogP contribution in [-0.4, -0.2) is 36.3 Å². The lowest BCUT2D eigenvalue weighted by molar-refractivity contribution is -0.143. The van der Waals surface area contributed by atoms with Crippen molar-refractivity contribution in [1.82, 2.24) is 10.2 Å². The van der Waals surface area contributed by atoms with Crippen molar-refractivity contribution in [2.45, 2.75) is 51.4 Å². The Balaban J connectivity index is 1.68. The van der Waals surface area contributed by atoms with Gasteiger partial charge in [-0.3, -0.25) is 14.5 Å². The lowest BCUT2D eigenvalue weighted by atomic mass is 9.73. The number of carbonyl (C=O) groups excluding carboxylic acids is 2. The first kappa shape index (κ1) is 13.1. The van der Waals surface area contributed by atoms with E-state index in [4.69, 9.17) is 0 Å². The van der Waals surface area contributed by atoms with Crippen molar-refractivity contribution < 1.29 is 9.59 Å². The van der Waals surface area contributed by atoms with Gasteiger partial charge in [-0.15, -0.1) is 0 Å². The van der Waals surface area contributed by atoms with E-state index >= 15 is 0 Å². The van der Waals surface area contributed by atoms with Crippen LogP contribution in [0.3, 0.4) is 0 Å². The van der Waals surface area contributed by atoms with Crippen molar-refractivity contribution in [1.29, 1.82) is 0 Å². The zero-order valence-corrected chi connectivity index (χ0v) is 11.6. The van der Waals surface area contributed by atoms with Crippen molar-refractivity contribution in [3.63, 3.8) is 0 Å². The molecule has 0 aromatic rings. The van der Waals surface area contributed by atoms with Crippen LogP contribution in [0, 0.1) is 11.3 Å². The fraction of sp³-hybridized carbons (Fsp3) is 0.867. The summed E-state index contributed by atoms with van der Waals surface area (Å²) in [5, 5.41) is 3.33. The second-order valence-electron chi connectivity index (χ2n) is 6.52. The van der Waals surface area contributed by atoms with Gasteiger partial charge in [0.15, 0.2) is 0 Å². The molecule has 106 valence electrons. The van der Waals surface area contributed by atoms with Crippen LogP contribution in [0.5, 0.6) is 0 Å². The summed E-state index contributed by atoms with van der Waals surface area (Å²) < 4.78 is 0. The van der Waals surface area contributed by atoms with E-state index in [1.165, 1.54) is 6.42 Å². The predicted molar refractivity (Wildman–Crippen MR) is 72.4 cm³/mol. The number of carbonyl (C=O) groups is 2. The molecular formula is C15H24N2O2. The van der Waals surface area contributed by atoms with E-state index in [1.54, 1.807) is 4.90 Å². The summed E-state index contributed by atoms with van der Waals surface area (Å²) in [6, 6.07) is 0. The van der Waals surface area contributed by atoms with Gasteiger partial charge in [0, 0.05) is 13.0 Å². The first-order valence-electron chi connectivity index (χ1n) is 7.77. The van der Waals surface area contributed by atoms with E-state index in [0.29, 0.717) is 18.9 Å². The zero-order chi connectivity index (χ0) is 13.3. The van der Waals surface area contributed by atoms with Gasteiger partial charge in [0.2, 0.25) is 11.8 Å². The Morgan fingerprint density at radius 1 is 1.11 bits per heavy atom. The number of nitrogens with zero attached hydrogens (tertiary/aromatic N) is 1. The van der Waals surface area contributed by atoms with E-state index in [1.807, 2.05) is 0 Å². The number of rotatable bonds is 2. The summed E-state index contributed by atoms with van der Waals surface area (Å²) in [5.41, 5.74) is -0.303. The molecule has 3 aliphatic rings. The van der Waals surface area contributed by atoms with Crippen molar-refractivity contribution >= 4 is 11.8 Å². The highest BCUT2D eigenvalue weighted by molar-refractivity contribution is 6.05. The highest BCUT2D eigenvalue weighted by Gasteiger charge is 2.51. The van der Waals surface area contributed by atoms with Crippen LogP contribution >= 0.6 is 0 Å². The summed E-state index contributed by atoms with van der Waals surface area (Å²) in [4.78, 5) is 26.5. The first-order valence-corrected chi connectivity index (χ1v) is 7.77. The quantitative estimate of drug-likeness (QED) is 0.772. The van der Waals surface area contributed by atoms with E-state index in [2.05, 4.69) is 5.32 Å². The Bertz CT molecular complexity index is 368. The maximum Gasteiger partial charge on any atom is 0.235 e. The van der Waals surface area contributed by atoms with Crippen LogP contribution in [0.1, 0.15) is 51.4 Å². The molecule has 2 aliphatic heterocycles. The highest BCUT2D eigenvalue weighted by atomic mass is 16.2. The molecule has 4 heteroatoms. The Hall–Kier alpha value is -0.900. The third kappa shape index (κ3) is 2.42. The van der Waals surface area contributed by atoms with Gasteiger partial charge in [-0.1, -0.05) is 19.3 Å². The van der Waals surface area contributed by atoms with Gasteiger partial charge in [0.05, 0.1) is 5.41 Å². The normalized spacial score (nSPS) is 28.3. The number of amides is 2. The second kappa shape index (κ2) is 5.23. The van der Waals surface area contributed by atoms with Gasteiger partial charge in [-0.05, 0) is 44.7 Å². The fourth-order valence-corrected chi connectivity index (χ4v) is 3.99. The topological polar surface area (TPSA) is 49.4 Å². The number of hydrogen-bond donors (Lipinski definition) is 1. The number of imide groups is 1. The van der Waals surface area contributed by atoms with Crippen LogP contribution in [-0.2, 0) is 9.59 Å². The van der Waals surface area contributed by atoms with Gasteiger partial charge >= 0.3 is 0 Å². The van der Waals surface area contributed by atoms with Crippen LogP contribution in [0.15, 0.2) is 0 Å². The molecule has 0 unspecified atom stereocenters. The molecule has 0 bridgehead atoms. The Morgan fingerprint density at radius 3 is 2.47 bits per heavy atom. The van der Waals surface area contributed by atoms with Gasteiger partial charge in [-0.2, -0.15) is 0 Å². The lowest BCUT2D eigenvalue weighted by Crippen LogP contribution is -2.41. The molecular weight excluding hydrogens is 240 g/mol. The largest absolute Gasteiger partial charge is 0.317 e. The minimum atomic E-state index is -0.303. The number of nitrogens with one attached hydrogen (secondary N) is 1. The summed E-state index contributed by atoms with van der Waals surface area (Å²) in [6.45, 7) is 2.71. The Kier molecular flexibility index (Phi) is 3.61. The predicted octanol–water partition coefficient (Wildman–Crippen LogP) is 1.70. The van der Waals surface area contributed by atoms with Crippen LogP contribution in [0.2, 0.25) is 0 Å². The van der Waals surface area contributed by atoms with E-state index in [-0.39, 0.29) is 17.2 Å². The molecule has 0 aromatic heterocycles. The van der Waals surface area contributed by atoms with E-state index in [9.17, 15) is 9.59 Å². The highest BCUT2D eigenvalue weighted by Crippen LogP contribution is 2.45. The van der Waals surface area contributed by atoms with Gasteiger partial charge < -0.3 is 5.32 Å². The Morgan fingerprint density at radius 2 is 1.79 bits per heavy atom. The molecule has 1 saturated carbocycles. The zero-order valence-electron chi connectivity index (χ0n) is 11.6. The minimum Gasteiger partial charge on any atom is -0.317 e. The molecule has 1 aliphatic carbocycles. The summed E-state index contributed by atoms with van der Waals surface area (Å²) in [7, 11) is 0. The minimum absolute atomic E-state index is 0.0884. The maximum absolute atomic E-state index is 12.7. The molecule has 2 amide bonds. The monoisotopic (exact) mass is 264 g/mol. The molecule has 2 saturated heterocycles. The SMILES string of the molecule is O=C1CC2(CCCCC2)C(=O)N1CC1CCNCC1. The number of piperidine rings is 1. The fourth-order valence-electron chi connectivity index (χ4n) is 3.99. The van der Waals surface area contributed by atoms with Crippen molar-refractivity contribution in [2.24, 2.45) is 11.3 Å². The molecule has 0 radical (unpaired) electrons. The van der Waals surface area contributed by atoms with Gasteiger partial charge in [-0.25, -0.2) is 0 Å². The summed E-state index contributed by atoms with van der Waals surface area (Å²) in [5.74, 6) is 0.744. The van der Waals surface area contributed by atoms with Crippen LogP contribution in [0.4, 0.5) is 0 Å². The maximum atomic E-state index is 12.7. The third-order valence-corrected chi connectivity index (χ3v) is 5.20. The molecule has 1 spiro atoms. The third-order valence-electron chi connectivity index (χ3n) is 5.20. The molecule has 2 heterocycles. The van der Waals surface area contributed by atoms with Gasteiger partial charge in [0.25, 0.3) is 0 Å². The molecule has 4 nitrogen and oxygen atoms in total. The van der Waals surface area contributed by atoms with E-state index in [0.717, 1.165) is 51.6 Å². The molecule has 19 heavy (non-hydrogen) atoms. The smallest absolute Gasteiger partial charge is 0.235 e. The molecule has 1 N–H and O–H groups in total.